The Hall–Kier alpha value is -3.27. The molecule has 3 heterocycles. The van der Waals surface area contributed by atoms with E-state index in [4.69, 9.17) is 4.74 Å². The van der Waals surface area contributed by atoms with Crippen molar-refractivity contribution in [3.05, 3.63) is 78.4 Å². The number of nitrogens with zero attached hydrogens (tertiary/aromatic N) is 1. The smallest absolute Gasteiger partial charge is 0.250 e. The Morgan fingerprint density at radius 2 is 1.79 bits per heavy atom. The number of alkyl halides is 1. The van der Waals surface area contributed by atoms with Crippen molar-refractivity contribution < 1.29 is 24.2 Å². The molecule has 3 saturated heterocycles. The largest absolute Gasteiger partial charge is 0.394 e. The summed E-state index contributed by atoms with van der Waals surface area (Å²) in [5, 5.41) is 18.2. The van der Waals surface area contributed by atoms with E-state index in [1.54, 1.807) is 0 Å². The molecule has 3 unspecified atom stereocenters. The van der Waals surface area contributed by atoms with E-state index < -0.39 is 41.5 Å². The Bertz CT molecular complexity index is 1420. The molecule has 3 amide bonds. The van der Waals surface area contributed by atoms with Gasteiger partial charge in [-0.1, -0.05) is 76.6 Å². The zero-order valence-corrected chi connectivity index (χ0v) is 22.3. The fourth-order valence-electron chi connectivity index (χ4n) is 6.68. The van der Waals surface area contributed by atoms with E-state index in [-0.39, 0.29) is 23.2 Å². The summed E-state index contributed by atoms with van der Waals surface area (Å²) in [5.41, 5.74) is 0.0765. The Balaban J connectivity index is 1.44. The number of ether oxygens (including phenoxy) is 1. The molecule has 0 aromatic heterocycles. The highest BCUT2D eigenvalue weighted by Crippen LogP contribution is 2.61. The molecule has 1 spiro atoms. The van der Waals surface area contributed by atoms with E-state index in [0.29, 0.717) is 17.7 Å². The van der Waals surface area contributed by atoms with Crippen LogP contribution in [0.15, 0.2) is 72.8 Å². The Kier molecular flexibility index (Phi) is 6.25. The molecular weight excluding hydrogens is 550 g/mol. The number of aliphatic hydroxyl groups excluding tert-OH is 1. The van der Waals surface area contributed by atoms with E-state index in [1.165, 1.54) is 11.9 Å². The molecule has 0 radical (unpaired) electrons. The van der Waals surface area contributed by atoms with Crippen molar-refractivity contribution in [2.24, 2.45) is 11.8 Å². The third kappa shape index (κ3) is 3.67. The van der Waals surface area contributed by atoms with Gasteiger partial charge in [0.1, 0.15) is 11.6 Å². The molecule has 38 heavy (non-hydrogen) atoms. The van der Waals surface area contributed by atoms with Crippen LogP contribution in [-0.4, -0.2) is 64.0 Å². The molecule has 3 fully saturated rings. The fourth-order valence-corrected chi connectivity index (χ4v) is 7.62. The van der Waals surface area contributed by atoms with Crippen LogP contribution < -0.4 is 10.6 Å². The van der Waals surface area contributed by atoms with Crippen molar-refractivity contribution in [2.45, 2.75) is 35.0 Å². The molecule has 9 heteroatoms. The molecule has 3 aliphatic rings. The van der Waals surface area contributed by atoms with Gasteiger partial charge < -0.3 is 25.4 Å². The number of likely N-dealkylation sites (tertiary alicyclic amines) is 1. The van der Waals surface area contributed by atoms with E-state index in [9.17, 15) is 19.5 Å². The van der Waals surface area contributed by atoms with Gasteiger partial charge in [-0.25, -0.2) is 0 Å². The maximum Gasteiger partial charge on any atom is 0.250 e. The summed E-state index contributed by atoms with van der Waals surface area (Å²) in [6.07, 6.45) is -0.146. The minimum absolute atomic E-state index is 0.200. The van der Waals surface area contributed by atoms with E-state index in [2.05, 4.69) is 26.6 Å². The third-order valence-corrected chi connectivity index (χ3v) is 9.08. The number of hydrogen-bond acceptors (Lipinski definition) is 5. The van der Waals surface area contributed by atoms with Gasteiger partial charge in [0, 0.05) is 17.6 Å². The number of rotatable bonds is 6. The summed E-state index contributed by atoms with van der Waals surface area (Å²) in [5.74, 6) is -2.66. The maximum absolute atomic E-state index is 14.2. The lowest BCUT2D eigenvalue weighted by atomic mass is 9.70. The average molecular weight is 578 g/mol. The molecule has 3 aromatic carbocycles. The lowest BCUT2D eigenvalue weighted by Crippen LogP contribution is -2.55. The molecule has 0 aliphatic carbocycles. The molecular formula is C29H28BrN3O5. The maximum atomic E-state index is 14.2. The van der Waals surface area contributed by atoms with Gasteiger partial charge >= 0.3 is 0 Å². The van der Waals surface area contributed by atoms with Crippen molar-refractivity contribution in [3.8, 4) is 0 Å². The number of anilines is 1. The molecule has 3 N–H and O–H groups in total. The van der Waals surface area contributed by atoms with Crippen LogP contribution in [0, 0.1) is 11.8 Å². The van der Waals surface area contributed by atoms with Crippen LogP contribution in [0.2, 0.25) is 0 Å². The third-order valence-electron chi connectivity index (χ3n) is 8.23. The van der Waals surface area contributed by atoms with Gasteiger partial charge in [0.05, 0.1) is 30.6 Å². The molecule has 2 bridgehead atoms. The van der Waals surface area contributed by atoms with Crippen molar-refractivity contribution in [2.75, 3.05) is 19.0 Å². The monoisotopic (exact) mass is 577 g/mol. The first kappa shape index (κ1) is 25.0. The predicted octanol–water partition coefficient (Wildman–Crippen LogP) is 3.01. The highest BCUT2D eigenvalue weighted by Gasteiger charge is 2.77. The van der Waals surface area contributed by atoms with Crippen molar-refractivity contribution in [3.63, 3.8) is 0 Å². The van der Waals surface area contributed by atoms with Gasteiger partial charge in [-0.3, -0.25) is 14.4 Å². The number of halogens is 1. The minimum atomic E-state index is -1.21. The van der Waals surface area contributed by atoms with Crippen LogP contribution in [0.25, 0.3) is 10.8 Å². The number of benzene rings is 3. The number of hydrogen-bond donors (Lipinski definition) is 3. The van der Waals surface area contributed by atoms with Crippen molar-refractivity contribution in [1.82, 2.24) is 10.2 Å². The molecule has 3 aliphatic heterocycles. The summed E-state index contributed by atoms with van der Waals surface area (Å²) in [6, 6.07) is 20.8. The van der Waals surface area contributed by atoms with Crippen molar-refractivity contribution in [1.29, 1.82) is 0 Å². The van der Waals surface area contributed by atoms with Crippen LogP contribution in [0.4, 0.5) is 5.69 Å². The summed E-state index contributed by atoms with van der Waals surface area (Å²) in [7, 11) is 1.53. The van der Waals surface area contributed by atoms with Crippen molar-refractivity contribution >= 4 is 50.1 Å². The minimum Gasteiger partial charge on any atom is -0.394 e. The predicted molar refractivity (Wildman–Crippen MR) is 145 cm³/mol. The number of amides is 3. The molecule has 7 atom stereocenters. The van der Waals surface area contributed by atoms with Crippen LogP contribution in [0.5, 0.6) is 0 Å². The summed E-state index contributed by atoms with van der Waals surface area (Å²) < 4.78 is 6.49. The Labute approximate surface area is 228 Å². The zero-order valence-electron chi connectivity index (χ0n) is 20.7. The van der Waals surface area contributed by atoms with Crippen LogP contribution >= 0.6 is 15.9 Å². The van der Waals surface area contributed by atoms with E-state index >= 15 is 0 Å². The molecule has 0 saturated carbocycles. The number of fused-ring (bicyclic) bond motifs is 2. The number of aliphatic hydroxyl groups is 1. The fraction of sp³-hybridized carbons (Fsp3) is 0.345. The first-order valence-electron chi connectivity index (χ1n) is 12.7. The van der Waals surface area contributed by atoms with Gasteiger partial charge in [-0.15, -0.1) is 0 Å². The highest BCUT2D eigenvalue weighted by molar-refractivity contribution is 9.09. The van der Waals surface area contributed by atoms with Gasteiger partial charge in [0.15, 0.2) is 0 Å². The van der Waals surface area contributed by atoms with E-state index in [0.717, 1.165) is 10.8 Å². The van der Waals surface area contributed by atoms with Gasteiger partial charge in [-0.2, -0.15) is 0 Å². The first-order valence-corrected chi connectivity index (χ1v) is 13.6. The standard InChI is InChI=1S/C29H28BrN3O5/c1-31-26(35)22-23-28(37)33(21(15-34)17-8-3-2-4-9-17)25(29(23)14-20(30)24(22)38-29)27(36)32-19-12-11-16-7-5-6-10-18(16)13-19/h2-13,20-25,34H,14-15H2,1H3,(H,31,35)(H,32,36)/t20?,21-,22-,23+,24-,25?,29?/m1/s1. The normalized spacial score (nSPS) is 30.3. The second-order valence-electron chi connectivity index (χ2n) is 10.2. The van der Waals surface area contributed by atoms with Crippen LogP contribution in [0.1, 0.15) is 18.0 Å². The lowest BCUT2D eigenvalue weighted by molar-refractivity contribution is -0.144. The molecule has 6 rings (SSSR count). The summed E-state index contributed by atoms with van der Waals surface area (Å²) in [4.78, 5) is 42.6. The Morgan fingerprint density at radius 3 is 2.50 bits per heavy atom. The summed E-state index contributed by atoms with van der Waals surface area (Å²) in [6.45, 7) is -0.385. The van der Waals surface area contributed by atoms with Gasteiger partial charge in [-0.05, 0) is 34.9 Å². The number of carbonyl (C=O) groups is 3. The number of nitrogens with one attached hydrogen (secondary N) is 2. The topological polar surface area (TPSA) is 108 Å². The second kappa shape index (κ2) is 9.48. The first-order chi connectivity index (χ1) is 18.4. The summed E-state index contributed by atoms with van der Waals surface area (Å²) >= 11 is 3.66. The molecule has 196 valence electrons. The lowest BCUT2D eigenvalue weighted by Gasteiger charge is -2.37. The highest BCUT2D eigenvalue weighted by atomic mass is 79.9. The van der Waals surface area contributed by atoms with Gasteiger partial charge in [0.25, 0.3) is 0 Å². The van der Waals surface area contributed by atoms with E-state index in [1.807, 2.05) is 72.8 Å². The molecule has 8 nitrogen and oxygen atoms in total. The second-order valence-corrected chi connectivity index (χ2v) is 11.4. The zero-order chi connectivity index (χ0) is 26.6. The quantitative estimate of drug-likeness (QED) is 0.390. The van der Waals surface area contributed by atoms with Gasteiger partial charge in [0.2, 0.25) is 17.7 Å². The van der Waals surface area contributed by atoms with Crippen LogP contribution in [-0.2, 0) is 19.1 Å². The SMILES string of the molecule is CNC(=O)[C@H]1[C@@H]2OC3(CC2Br)C(C(=O)Nc2ccc4ccccc4c2)N([C@H](CO)c2ccccc2)C(=O)[C@H]13. The Morgan fingerprint density at radius 1 is 1.08 bits per heavy atom. The molecule has 3 aromatic rings. The number of carbonyl (C=O) groups excluding carboxylic acids is 3. The van der Waals surface area contributed by atoms with Crippen LogP contribution in [0.3, 0.4) is 0 Å². The average Bonchev–Trinajstić information content (AvgIpc) is 3.53.